The number of nitrogens with zero attached hydrogens (tertiary/aromatic N) is 5. The van der Waals surface area contributed by atoms with E-state index in [2.05, 4.69) is 25.7 Å². The van der Waals surface area contributed by atoms with Gasteiger partial charge in [-0.15, -0.1) is 5.10 Å². The Balaban J connectivity index is 1.54. The summed E-state index contributed by atoms with van der Waals surface area (Å²) in [4.78, 5) is 14.5. The highest BCUT2D eigenvalue weighted by molar-refractivity contribution is 5.94. The topological polar surface area (TPSA) is 104 Å². The molecule has 0 fully saturated rings. The first kappa shape index (κ1) is 21.2. The van der Waals surface area contributed by atoms with Gasteiger partial charge in [-0.1, -0.05) is 6.92 Å². The first-order chi connectivity index (χ1) is 16.1. The van der Waals surface area contributed by atoms with Crippen LogP contribution in [0.25, 0.3) is 5.69 Å². The van der Waals surface area contributed by atoms with Crippen molar-refractivity contribution in [2.24, 2.45) is 0 Å². The average Bonchev–Trinajstić information content (AvgIpc) is 3.51. The van der Waals surface area contributed by atoms with Crippen LogP contribution in [0, 0.1) is 0 Å². The van der Waals surface area contributed by atoms with Gasteiger partial charge in [0.1, 0.15) is 6.04 Å². The maximum atomic E-state index is 12.3. The average molecular weight is 450 g/mol. The molecule has 0 radical (unpaired) electrons. The molecule has 2 aromatic carbocycles. The van der Waals surface area contributed by atoms with E-state index in [1.165, 1.54) is 0 Å². The van der Waals surface area contributed by atoms with Crippen LogP contribution in [0.5, 0.6) is 17.2 Å². The normalized spacial score (nSPS) is 17.0. The number of likely N-dealkylation sites (N-methyl/N-ethyl adjacent to an activating group) is 1. The highest BCUT2D eigenvalue weighted by atomic mass is 16.7. The third kappa shape index (κ3) is 3.66. The van der Waals surface area contributed by atoms with Crippen LogP contribution in [0.1, 0.15) is 46.7 Å². The summed E-state index contributed by atoms with van der Waals surface area (Å²) in [5, 5.41) is 15.5. The Morgan fingerprint density at radius 3 is 2.85 bits per heavy atom. The predicted octanol–water partition coefficient (Wildman–Crippen LogP) is 2.12. The van der Waals surface area contributed by atoms with Gasteiger partial charge in [0.2, 0.25) is 12.5 Å². The summed E-state index contributed by atoms with van der Waals surface area (Å²) in [5.74, 6) is 2.51. The Kier molecular flexibility index (Phi) is 5.59. The summed E-state index contributed by atoms with van der Waals surface area (Å²) >= 11 is 0. The van der Waals surface area contributed by atoms with E-state index in [4.69, 9.17) is 14.2 Å². The molecule has 1 amide bonds. The minimum absolute atomic E-state index is 0.0953. The van der Waals surface area contributed by atoms with Crippen molar-refractivity contribution < 1.29 is 19.0 Å². The van der Waals surface area contributed by atoms with E-state index in [9.17, 15) is 4.79 Å². The molecule has 0 spiro atoms. The molecule has 33 heavy (non-hydrogen) atoms. The number of hydrogen-bond donors (Lipinski definition) is 1. The Bertz CT molecular complexity index is 1180. The van der Waals surface area contributed by atoms with Crippen LogP contribution in [0.3, 0.4) is 0 Å². The van der Waals surface area contributed by atoms with Crippen LogP contribution in [-0.4, -0.2) is 65.1 Å². The van der Waals surface area contributed by atoms with E-state index in [1.807, 2.05) is 32.2 Å². The summed E-state index contributed by atoms with van der Waals surface area (Å²) < 4.78 is 18.8. The molecule has 1 atom stereocenters. The van der Waals surface area contributed by atoms with Gasteiger partial charge in [-0.25, -0.2) is 0 Å². The van der Waals surface area contributed by atoms with E-state index >= 15 is 0 Å². The number of carbonyl (C=O) groups is 1. The largest absolute Gasteiger partial charge is 0.492 e. The van der Waals surface area contributed by atoms with Gasteiger partial charge in [-0.05, 0) is 66.2 Å². The zero-order valence-electron chi connectivity index (χ0n) is 18.9. The van der Waals surface area contributed by atoms with Crippen molar-refractivity contribution in [1.29, 1.82) is 0 Å². The predicted molar refractivity (Wildman–Crippen MR) is 119 cm³/mol. The molecule has 0 bridgehead atoms. The van der Waals surface area contributed by atoms with Crippen molar-refractivity contribution in [3.8, 4) is 22.9 Å². The van der Waals surface area contributed by atoms with Crippen LogP contribution in [0.2, 0.25) is 0 Å². The molecular weight excluding hydrogens is 424 g/mol. The minimum Gasteiger partial charge on any atom is -0.492 e. The Labute approximate surface area is 191 Å². The van der Waals surface area contributed by atoms with E-state index in [0.29, 0.717) is 35.2 Å². The summed E-state index contributed by atoms with van der Waals surface area (Å²) in [6, 6.07) is 9.04. The fourth-order valence-electron chi connectivity index (χ4n) is 4.40. The van der Waals surface area contributed by atoms with Gasteiger partial charge in [0.15, 0.2) is 17.3 Å². The number of carbonyl (C=O) groups excluding carboxylic acids is 1. The number of rotatable bonds is 6. The molecule has 10 heteroatoms. The third-order valence-electron chi connectivity index (χ3n) is 6.04. The van der Waals surface area contributed by atoms with Gasteiger partial charge >= 0.3 is 0 Å². The van der Waals surface area contributed by atoms with Gasteiger partial charge in [0, 0.05) is 24.2 Å². The number of aromatic nitrogens is 4. The van der Waals surface area contributed by atoms with Crippen molar-refractivity contribution in [2.45, 2.75) is 25.8 Å². The van der Waals surface area contributed by atoms with Crippen molar-refractivity contribution in [1.82, 2.24) is 30.4 Å². The number of nitrogens with one attached hydrogen (secondary N) is 1. The second kappa shape index (κ2) is 8.70. The number of methoxy groups -OCH3 is 1. The number of benzene rings is 2. The minimum atomic E-state index is -0.249. The molecule has 0 aliphatic carbocycles. The van der Waals surface area contributed by atoms with Gasteiger partial charge in [0.25, 0.3) is 5.91 Å². The highest BCUT2D eigenvalue weighted by Gasteiger charge is 2.37. The fraction of sp³-hybridized carbons (Fsp3) is 0.391. The zero-order chi connectivity index (χ0) is 22.9. The zero-order valence-corrected chi connectivity index (χ0v) is 18.9. The van der Waals surface area contributed by atoms with Crippen LogP contribution in [-0.2, 0) is 6.42 Å². The molecule has 2 aliphatic heterocycles. The van der Waals surface area contributed by atoms with Crippen molar-refractivity contribution in [3.05, 3.63) is 52.8 Å². The van der Waals surface area contributed by atoms with E-state index in [0.717, 1.165) is 36.2 Å². The second-order valence-corrected chi connectivity index (χ2v) is 8.10. The van der Waals surface area contributed by atoms with E-state index in [-0.39, 0.29) is 18.7 Å². The molecule has 1 N–H and O–H groups in total. The molecule has 0 unspecified atom stereocenters. The Morgan fingerprint density at radius 2 is 2.09 bits per heavy atom. The molecule has 3 heterocycles. The van der Waals surface area contributed by atoms with Gasteiger partial charge < -0.3 is 19.5 Å². The molecule has 1 aromatic heterocycles. The summed E-state index contributed by atoms with van der Waals surface area (Å²) in [6.07, 6.45) is 1.73. The fourth-order valence-corrected chi connectivity index (χ4v) is 4.40. The first-order valence-corrected chi connectivity index (χ1v) is 11.0. The molecule has 10 nitrogen and oxygen atoms in total. The van der Waals surface area contributed by atoms with Crippen LogP contribution in [0.15, 0.2) is 30.3 Å². The monoisotopic (exact) mass is 450 g/mol. The maximum Gasteiger partial charge on any atom is 0.251 e. The standard InChI is InChI=1S/C23H26N6O4/c1-4-10-24-23(30)14-5-7-16(8-6-14)29-22(25-26-27-29)19-18-15(9-11-28(19)2)12-17-20(21(18)31-3)33-13-32-17/h5-8,12,19H,4,9-11,13H2,1-3H3,(H,24,30)/t19-/m0/s1. The van der Waals surface area contributed by atoms with Crippen LogP contribution >= 0.6 is 0 Å². The van der Waals surface area contributed by atoms with Gasteiger partial charge in [0.05, 0.1) is 12.8 Å². The molecule has 172 valence electrons. The number of hydrogen-bond acceptors (Lipinski definition) is 8. The molecule has 5 rings (SSSR count). The summed E-state index contributed by atoms with van der Waals surface area (Å²) in [6.45, 7) is 3.66. The lowest BCUT2D eigenvalue weighted by Gasteiger charge is -2.34. The van der Waals surface area contributed by atoms with E-state index in [1.54, 1.807) is 23.9 Å². The number of fused-ring (bicyclic) bond motifs is 2. The smallest absolute Gasteiger partial charge is 0.251 e. The van der Waals surface area contributed by atoms with Crippen molar-refractivity contribution in [2.75, 3.05) is 34.0 Å². The Morgan fingerprint density at radius 1 is 1.27 bits per heavy atom. The van der Waals surface area contributed by atoms with Crippen molar-refractivity contribution >= 4 is 5.91 Å². The van der Waals surface area contributed by atoms with Gasteiger partial charge in [-0.3, -0.25) is 9.69 Å². The second-order valence-electron chi connectivity index (χ2n) is 8.10. The Hall–Kier alpha value is -3.66. The van der Waals surface area contributed by atoms with Crippen LogP contribution < -0.4 is 19.5 Å². The quantitative estimate of drug-likeness (QED) is 0.609. The highest BCUT2D eigenvalue weighted by Crippen LogP contribution is 2.50. The SMILES string of the molecule is CCCNC(=O)c1ccc(-n2nnnc2[C@@H]2c3c(cc4c(c3OC)OCO4)CCN2C)cc1. The lowest BCUT2D eigenvalue weighted by molar-refractivity contribution is 0.0953. The summed E-state index contributed by atoms with van der Waals surface area (Å²) in [7, 11) is 3.67. The number of tetrazole rings is 1. The lowest BCUT2D eigenvalue weighted by atomic mass is 9.90. The van der Waals surface area contributed by atoms with E-state index < -0.39 is 0 Å². The molecule has 2 aliphatic rings. The van der Waals surface area contributed by atoms with Gasteiger partial charge in [-0.2, -0.15) is 4.68 Å². The lowest BCUT2D eigenvalue weighted by Crippen LogP contribution is -2.35. The molecule has 0 saturated carbocycles. The van der Waals surface area contributed by atoms with Crippen molar-refractivity contribution in [3.63, 3.8) is 0 Å². The maximum absolute atomic E-state index is 12.3. The van der Waals surface area contributed by atoms with Crippen LogP contribution in [0.4, 0.5) is 0 Å². The number of amides is 1. The molecule has 3 aromatic rings. The summed E-state index contributed by atoms with van der Waals surface area (Å²) in [5.41, 5.74) is 3.46. The number of ether oxygens (including phenoxy) is 3. The first-order valence-electron chi connectivity index (χ1n) is 11.0. The molecular formula is C23H26N6O4. The third-order valence-corrected chi connectivity index (χ3v) is 6.04. The molecule has 0 saturated heterocycles.